The van der Waals surface area contributed by atoms with Crippen LogP contribution in [0.5, 0.6) is 0 Å². The summed E-state index contributed by atoms with van der Waals surface area (Å²) in [6.07, 6.45) is -1.59. The Morgan fingerprint density at radius 1 is 1.09 bits per heavy atom. The quantitative estimate of drug-likeness (QED) is 0.344. The molecule has 7 aliphatic rings. The Balaban J connectivity index is 1.49. The lowest BCUT2D eigenvalue weighted by molar-refractivity contribution is -0.446. The normalized spacial score (nSPS) is 52.7. The van der Waals surface area contributed by atoms with Crippen LogP contribution in [0.3, 0.4) is 0 Å². The van der Waals surface area contributed by atoms with Crippen LogP contribution in [-0.2, 0) is 52.3 Å². The van der Waals surface area contributed by atoms with Gasteiger partial charge < -0.3 is 47.8 Å². The molecule has 14 nitrogen and oxygen atoms in total. The molecule has 3 aliphatic heterocycles. The van der Waals surface area contributed by atoms with E-state index in [0.29, 0.717) is 5.56 Å². The van der Waals surface area contributed by atoms with Crippen LogP contribution in [0, 0.1) is 22.2 Å². The minimum atomic E-state index is -2.14. The summed E-state index contributed by atoms with van der Waals surface area (Å²) in [7, 11) is 1.24. The van der Waals surface area contributed by atoms with Crippen molar-refractivity contribution in [2.45, 2.75) is 114 Å². The molecule has 14 heteroatoms. The molecule has 2 saturated heterocycles. The molecule has 4 saturated carbocycles. The van der Waals surface area contributed by atoms with Crippen LogP contribution < -0.4 is 0 Å². The second-order valence-corrected chi connectivity index (χ2v) is 15.0. The van der Waals surface area contributed by atoms with Crippen LogP contribution in [0.4, 0.5) is 0 Å². The Kier molecular flexibility index (Phi) is 5.70. The minimum absolute atomic E-state index is 0.104. The van der Waals surface area contributed by atoms with E-state index in [-0.39, 0.29) is 24.8 Å². The molecule has 13 atom stereocenters. The van der Waals surface area contributed by atoms with Gasteiger partial charge in [0, 0.05) is 56.1 Å². The summed E-state index contributed by atoms with van der Waals surface area (Å²) in [4.78, 5) is 52.8. The van der Waals surface area contributed by atoms with Crippen molar-refractivity contribution in [3.8, 4) is 0 Å². The third-order valence-corrected chi connectivity index (χ3v) is 13.1. The van der Waals surface area contributed by atoms with Gasteiger partial charge in [0.25, 0.3) is 5.97 Å². The Morgan fingerprint density at radius 3 is 2.43 bits per heavy atom. The first-order chi connectivity index (χ1) is 21.9. The van der Waals surface area contributed by atoms with Crippen LogP contribution >= 0.6 is 0 Å². The number of cyclic esters (lactones) is 1. The molecule has 47 heavy (non-hydrogen) atoms. The van der Waals surface area contributed by atoms with Crippen LogP contribution in [0.25, 0.3) is 0 Å². The Labute approximate surface area is 269 Å². The van der Waals surface area contributed by atoms with Gasteiger partial charge in [-0.05, 0) is 30.9 Å². The van der Waals surface area contributed by atoms with Crippen molar-refractivity contribution in [1.82, 2.24) is 0 Å². The molecule has 6 fully saturated rings. The summed E-state index contributed by atoms with van der Waals surface area (Å²) >= 11 is 0. The fraction of sp³-hybridized carbons (Fsp3) is 0.697. The number of aliphatic hydroxyl groups excluding tert-OH is 1. The van der Waals surface area contributed by atoms with Gasteiger partial charge in [-0.3, -0.25) is 14.4 Å². The van der Waals surface area contributed by atoms with E-state index in [9.17, 15) is 29.4 Å². The maximum atomic E-state index is 13.5. The van der Waals surface area contributed by atoms with E-state index in [0.717, 1.165) is 0 Å². The molecular formula is C33H38O14. The largest absolute Gasteiger partial charge is 0.472 e. The summed E-state index contributed by atoms with van der Waals surface area (Å²) in [5.41, 5.74) is -11.3. The molecule has 4 aliphatic carbocycles. The predicted molar refractivity (Wildman–Crippen MR) is 151 cm³/mol. The molecule has 0 amide bonds. The molecule has 1 aromatic heterocycles. The number of rotatable bonds is 5. The van der Waals surface area contributed by atoms with Gasteiger partial charge in [0.1, 0.15) is 23.4 Å². The summed E-state index contributed by atoms with van der Waals surface area (Å²) in [5, 5.41) is 25.8. The molecule has 8 rings (SSSR count). The number of ether oxygens (including phenoxy) is 7. The third kappa shape index (κ3) is 2.96. The molecule has 254 valence electrons. The number of esters is 4. The Morgan fingerprint density at radius 2 is 1.81 bits per heavy atom. The molecule has 0 aromatic carbocycles. The summed E-state index contributed by atoms with van der Waals surface area (Å²) in [5.74, 6) is -5.59. The summed E-state index contributed by atoms with van der Waals surface area (Å²) in [6.45, 7) is 9.11. The van der Waals surface area contributed by atoms with Crippen molar-refractivity contribution in [2.24, 2.45) is 22.2 Å². The fourth-order valence-electron chi connectivity index (χ4n) is 11.8. The van der Waals surface area contributed by atoms with Gasteiger partial charge >= 0.3 is 23.9 Å². The topological polar surface area (TPSA) is 186 Å². The highest BCUT2D eigenvalue weighted by atomic mass is 17.0. The third-order valence-electron chi connectivity index (χ3n) is 13.1. The van der Waals surface area contributed by atoms with Crippen molar-refractivity contribution < 1.29 is 67.0 Å². The molecule has 1 aromatic rings. The second-order valence-electron chi connectivity index (χ2n) is 15.0. The highest BCUT2D eigenvalue weighted by Crippen LogP contribution is 2.88. The van der Waals surface area contributed by atoms with Gasteiger partial charge in [-0.25, -0.2) is 4.79 Å². The number of hydrogen-bond donors (Lipinski definition) is 2. The SMILES string of the molecule is COC(=O)C[C@H]1[C@@]2(C)C[C@]3(O)[C@@](OC(C)=O)([C@H]4OC5(C)O[C@@]6(C[C@H](O)[C@]7(C)C(=CC(=O)O[C@H]7c7ccoc7)[C@@]46O5)[C@]13C)[C@H]2OC(C)=O. The highest BCUT2D eigenvalue weighted by molar-refractivity contribution is 5.86. The monoisotopic (exact) mass is 658 g/mol. The van der Waals surface area contributed by atoms with E-state index in [1.165, 1.54) is 46.5 Å². The molecular weight excluding hydrogens is 620 g/mol. The van der Waals surface area contributed by atoms with E-state index in [4.69, 9.17) is 37.6 Å². The lowest BCUT2D eigenvalue weighted by atomic mass is 9.34. The number of fused-ring (bicyclic) bond motifs is 4. The number of carbonyl (C=O) groups excluding carboxylic acids is 4. The first-order valence-corrected chi connectivity index (χ1v) is 15.7. The van der Waals surface area contributed by atoms with Crippen molar-refractivity contribution in [2.75, 3.05) is 7.11 Å². The minimum Gasteiger partial charge on any atom is -0.472 e. The highest BCUT2D eigenvalue weighted by Gasteiger charge is 3.03. The summed E-state index contributed by atoms with van der Waals surface area (Å²) < 4.78 is 49.0. The van der Waals surface area contributed by atoms with Crippen molar-refractivity contribution >= 4 is 23.9 Å². The van der Waals surface area contributed by atoms with Gasteiger partial charge in [-0.15, -0.1) is 0 Å². The Bertz CT molecular complexity index is 1670. The fourth-order valence-corrected chi connectivity index (χ4v) is 11.8. The number of hydrogen-bond acceptors (Lipinski definition) is 14. The van der Waals surface area contributed by atoms with E-state index in [1.807, 2.05) is 0 Å². The molecule has 2 N–H and O–H groups in total. The average Bonchev–Trinajstić information content (AvgIpc) is 3.74. The van der Waals surface area contributed by atoms with Crippen LogP contribution in [0.1, 0.15) is 72.5 Å². The lowest BCUT2D eigenvalue weighted by Gasteiger charge is -2.76. The van der Waals surface area contributed by atoms with Gasteiger partial charge in [-0.2, -0.15) is 0 Å². The second kappa shape index (κ2) is 8.64. The van der Waals surface area contributed by atoms with E-state index < -0.39 is 98.8 Å². The van der Waals surface area contributed by atoms with Crippen LogP contribution in [-0.4, -0.2) is 87.9 Å². The molecule has 1 spiro atoms. The van der Waals surface area contributed by atoms with Crippen molar-refractivity contribution in [3.05, 3.63) is 35.8 Å². The van der Waals surface area contributed by atoms with E-state index >= 15 is 0 Å². The number of carbonyl (C=O) groups is 4. The van der Waals surface area contributed by atoms with Gasteiger partial charge in [0.05, 0.1) is 31.2 Å². The average molecular weight is 659 g/mol. The summed E-state index contributed by atoms with van der Waals surface area (Å²) in [6, 6.07) is 1.63. The number of methoxy groups -OCH3 is 1. The first kappa shape index (κ1) is 31.0. The smallest absolute Gasteiger partial charge is 0.331 e. The zero-order valence-corrected chi connectivity index (χ0v) is 27.1. The molecule has 0 radical (unpaired) electrons. The van der Waals surface area contributed by atoms with E-state index in [1.54, 1.807) is 26.8 Å². The van der Waals surface area contributed by atoms with Crippen molar-refractivity contribution in [1.29, 1.82) is 0 Å². The Hall–Kier alpha value is -3.30. The van der Waals surface area contributed by atoms with Gasteiger partial charge in [-0.1, -0.05) is 13.8 Å². The van der Waals surface area contributed by atoms with Gasteiger partial charge in [0.15, 0.2) is 11.7 Å². The molecule has 4 heterocycles. The number of furan rings is 1. The van der Waals surface area contributed by atoms with Gasteiger partial charge in [0.2, 0.25) is 5.60 Å². The molecule has 1 unspecified atom stereocenters. The maximum absolute atomic E-state index is 13.5. The first-order valence-electron chi connectivity index (χ1n) is 15.7. The lowest BCUT2D eigenvalue weighted by Crippen LogP contribution is -2.93. The standard InChI is InChI=1S/C33H38O14/c1-15(34)42-24-26(3)14-30(39)28(5,18(26)10-21(37)40-7)31-12-20(36)27(4)19(11-22(38)43-23(27)17-8-9-41-13-17)32(31)25(33(24,30)44-16(2)35)45-29(6,46-31)47-32/h8-9,11,13,18,20,23-25,36,39H,10,12,14H2,1-7H3/t18-,20-,23-,24-,25-,26+,27-,28+,29?,30+,31-,32+,33-/m0/s1. The zero-order chi connectivity index (χ0) is 34.0. The zero-order valence-electron chi connectivity index (χ0n) is 27.1. The van der Waals surface area contributed by atoms with E-state index in [2.05, 4.69) is 0 Å². The maximum Gasteiger partial charge on any atom is 0.331 e. The predicted octanol–water partition coefficient (Wildman–Crippen LogP) is 1.76. The van der Waals surface area contributed by atoms with Crippen molar-refractivity contribution in [3.63, 3.8) is 0 Å². The molecule has 4 bridgehead atoms. The van der Waals surface area contributed by atoms with Crippen LogP contribution in [0.15, 0.2) is 34.7 Å². The number of aliphatic hydroxyl groups is 2. The van der Waals surface area contributed by atoms with Crippen LogP contribution in [0.2, 0.25) is 0 Å².